The Morgan fingerprint density at radius 2 is 1.59 bits per heavy atom. The molecule has 46 heavy (non-hydrogen) atoms. The number of hydrogen-bond acceptors (Lipinski definition) is 9. The zero-order valence-electron chi connectivity index (χ0n) is 26.9. The number of amides is 1. The second-order valence-corrected chi connectivity index (χ2v) is 11.1. The average molecular weight is 649 g/mol. The van der Waals surface area contributed by atoms with Gasteiger partial charge in [-0.3, -0.25) is 14.8 Å². The summed E-state index contributed by atoms with van der Waals surface area (Å²) in [4.78, 5) is 26.3. The minimum atomic E-state index is -4.53. The summed E-state index contributed by atoms with van der Waals surface area (Å²) in [6.07, 6.45) is 0.0277. The number of carbonyl (C=O) groups is 1. The van der Waals surface area contributed by atoms with Gasteiger partial charge in [-0.05, 0) is 64.8 Å². The molecule has 0 aliphatic rings. The highest BCUT2D eigenvalue weighted by atomic mass is 19.4. The molecule has 1 amide bonds. The third kappa shape index (κ3) is 12.2. The number of hydrogen-bond donors (Lipinski definition) is 1. The molecule has 1 N–H and O–H groups in total. The second kappa shape index (κ2) is 17.8. The maximum Gasteiger partial charge on any atom is 0.417 e. The summed E-state index contributed by atoms with van der Waals surface area (Å²) in [7, 11) is 0. The van der Waals surface area contributed by atoms with Crippen molar-refractivity contribution in [1.82, 2.24) is 20.3 Å². The summed E-state index contributed by atoms with van der Waals surface area (Å²) in [6.45, 7) is 12.1. The number of halogens is 3. The lowest BCUT2D eigenvalue weighted by atomic mass is 9.90. The topological polar surface area (TPSA) is 114 Å². The van der Waals surface area contributed by atoms with Crippen molar-refractivity contribution in [3.05, 3.63) is 77.5 Å². The molecule has 3 rings (SSSR count). The predicted molar refractivity (Wildman–Crippen MR) is 165 cm³/mol. The van der Waals surface area contributed by atoms with Gasteiger partial charge in [0.2, 0.25) is 5.88 Å². The number of aromatic nitrogens is 3. The van der Waals surface area contributed by atoms with Crippen LogP contribution in [0.2, 0.25) is 0 Å². The number of aryl methyl sites for hydroxylation is 1. The number of pyridine rings is 3. The van der Waals surface area contributed by atoms with Crippen molar-refractivity contribution in [2.24, 2.45) is 0 Å². The normalized spacial score (nSPS) is 13.2. The number of nitrogens with one attached hydrogen (secondary N) is 1. The van der Waals surface area contributed by atoms with Crippen LogP contribution in [-0.2, 0) is 31.6 Å². The van der Waals surface area contributed by atoms with E-state index in [0.717, 1.165) is 23.4 Å². The fraction of sp³-hybridized carbons (Fsp3) is 0.515. The van der Waals surface area contributed by atoms with Gasteiger partial charge in [0.1, 0.15) is 12.4 Å². The quantitative estimate of drug-likeness (QED) is 0.172. The third-order valence-corrected chi connectivity index (χ3v) is 6.91. The van der Waals surface area contributed by atoms with E-state index in [1.54, 1.807) is 18.5 Å². The molecule has 13 heteroatoms. The molecule has 2 atom stereocenters. The van der Waals surface area contributed by atoms with Crippen LogP contribution in [0.1, 0.15) is 56.1 Å². The van der Waals surface area contributed by atoms with Crippen molar-refractivity contribution in [3.63, 3.8) is 0 Å². The first-order valence-electron chi connectivity index (χ1n) is 15.2. The van der Waals surface area contributed by atoms with Crippen LogP contribution in [0.15, 0.2) is 55.0 Å². The Balaban J connectivity index is 1.64. The Kier molecular flexibility index (Phi) is 14.2. The van der Waals surface area contributed by atoms with Crippen LogP contribution in [0, 0.1) is 6.92 Å². The van der Waals surface area contributed by atoms with Crippen LogP contribution in [-0.4, -0.2) is 78.8 Å². The van der Waals surface area contributed by atoms with Gasteiger partial charge in [0.15, 0.2) is 5.60 Å². The lowest BCUT2D eigenvalue weighted by molar-refractivity contribution is -0.138. The molecule has 3 aromatic heterocycles. The smallest absolute Gasteiger partial charge is 0.417 e. The SMILES string of the molecule is CCOCCOCCOCCOc1ccnc(C(Cc2ccc(C)cn2)C(C)NC(=O)C(C)(C)Oc2ccc(C(F)(F)F)cn2)c1. The Morgan fingerprint density at radius 3 is 2.20 bits per heavy atom. The van der Waals surface area contributed by atoms with Crippen molar-refractivity contribution in [1.29, 1.82) is 0 Å². The number of carbonyl (C=O) groups excluding carboxylic acids is 1. The molecule has 0 radical (unpaired) electrons. The van der Waals surface area contributed by atoms with Gasteiger partial charge in [-0.1, -0.05) is 6.07 Å². The summed E-state index contributed by atoms with van der Waals surface area (Å²) in [5, 5.41) is 2.99. The van der Waals surface area contributed by atoms with Crippen molar-refractivity contribution in [2.75, 3.05) is 46.2 Å². The Morgan fingerprint density at radius 1 is 0.891 bits per heavy atom. The molecule has 0 fully saturated rings. The van der Waals surface area contributed by atoms with Crippen LogP contribution < -0.4 is 14.8 Å². The Bertz CT molecular complexity index is 1340. The van der Waals surface area contributed by atoms with E-state index in [1.807, 2.05) is 39.0 Å². The molecule has 0 spiro atoms. The fourth-order valence-electron chi connectivity index (χ4n) is 4.30. The summed E-state index contributed by atoms with van der Waals surface area (Å²) in [6, 6.07) is 8.96. The summed E-state index contributed by atoms with van der Waals surface area (Å²) in [5.41, 5.74) is 0.157. The Hall–Kier alpha value is -3.81. The van der Waals surface area contributed by atoms with E-state index in [-0.39, 0.29) is 11.8 Å². The van der Waals surface area contributed by atoms with E-state index >= 15 is 0 Å². The van der Waals surface area contributed by atoms with Gasteiger partial charge in [0, 0.05) is 60.7 Å². The largest absolute Gasteiger partial charge is 0.491 e. The van der Waals surface area contributed by atoms with E-state index < -0.39 is 29.3 Å². The molecule has 10 nitrogen and oxygen atoms in total. The molecule has 0 saturated carbocycles. The summed E-state index contributed by atoms with van der Waals surface area (Å²) >= 11 is 0. The molecular weight excluding hydrogens is 605 g/mol. The van der Waals surface area contributed by atoms with Gasteiger partial charge < -0.3 is 29.0 Å². The van der Waals surface area contributed by atoms with Gasteiger partial charge in [-0.15, -0.1) is 0 Å². The lowest BCUT2D eigenvalue weighted by Gasteiger charge is -2.30. The number of rotatable bonds is 19. The van der Waals surface area contributed by atoms with Gasteiger partial charge in [-0.25, -0.2) is 4.98 Å². The van der Waals surface area contributed by atoms with Crippen molar-refractivity contribution < 1.29 is 41.7 Å². The summed E-state index contributed by atoms with van der Waals surface area (Å²) in [5.74, 6) is -0.299. The first kappa shape index (κ1) is 36.7. The number of alkyl halides is 3. The van der Waals surface area contributed by atoms with Gasteiger partial charge in [0.05, 0.1) is 38.6 Å². The molecule has 2 unspecified atom stereocenters. The minimum absolute atomic E-state index is 0.106. The van der Waals surface area contributed by atoms with Crippen LogP contribution >= 0.6 is 0 Å². The van der Waals surface area contributed by atoms with Crippen LogP contribution in [0.5, 0.6) is 11.6 Å². The van der Waals surface area contributed by atoms with E-state index in [4.69, 9.17) is 23.7 Å². The standard InChI is InChI=1S/C33H43F3N4O6/c1-6-42-13-14-43-15-16-44-17-18-45-27-11-12-37-29(20-27)28(19-26-9-7-23(2)21-38-26)24(3)40-31(41)32(4,5)46-30-10-8-25(22-39-30)33(34,35)36/h7-12,20-22,24,28H,6,13-19H2,1-5H3,(H,40,41). The molecule has 0 aliphatic heterocycles. The van der Waals surface area contributed by atoms with Crippen LogP contribution in [0.25, 0.3) is 0 Å². The molecule has 0 aromatic carbocycles. The lowest BCUT2D eigenvalue weighted by Crippen LogP contribution is -2.51. The highest BCUT2D eigenvalue weighted by Crippen LogP contribution is 2.30. The molecule has 0 saturated heterocycles. The average Bonchev–Trinajstić information content (AvgIpc) is 3.01. The van der Waals surface area contributed by atoms with Gasteiger partial charge >= 0.3 is 6.18 Å². The second-order valence-electron chi connectivity index (χ2n) is 11.1. The van der Waals surface area contributed by atoms with Crippen LogP contribution in [0.3, 0.4) is 0 Å². The highest BCUT2D eigenvalue weighted by Gasteiger charge is 2.35. The maximum atomic E-state index is 13.4. The molecule has 3 aromatic rings. The molecule has 3 heterocycles. The van der Waals surface area contributed by atoms with E-state index in [9.17, 15) is 18.0 Å². The number of ether oxygens (including phenoxy) is 5. The van der Waals surface area contributed by atoms with Gasteiger partial charge in [-0.2, -0.15) is 13.2 Å². The zero-order valence-corrected chi connectivity index (χ0v) is 26.9. The minimum Gasteiger partial charge on any atom is -0.491 e. The van der Waals surface area contributed by atoms with E-state index in [2.05, 4.69) is 20.3 Å². The van der Waals surface area contributed by atoms with E-state index in [1.165, 1.54) is 13.8 Å². The molecule has 0 bridgehead atoms. The first-order chi connectivity index (χ1) is 21.9. The third-order valence-electron chi connectivity index (χ3n) is 6.91. The van der Waals surface area contributed by atoms with Crippen molar-refractivity contribution >= 4 is 5.91 Å². The Labute approximate surface area is 268 Å². The van der Waals surface area contributed by atoms with Gasteiger partial charge in [0.25, 0.3) is 5.91 Å². The molecule has 0 aliphatic carbocycles. The first-order valence-corrected chi connectivity index (χ1v) is 15.2. The summed E-state index contributed by atoms with van der Waals surface area (Å²) < 4.78 is 66.6. The number of nitrogens with zero attached hydrogens (tertiary/aromatic N) is 3. The molecule has 252 valence electrons. The van der Waals surface area contributed by atoms with Crippen molar-refractivity contribution in [3.8, 4) is 11.6 Å². The predicted octanol–water partition coefficient (Wildman–Crippen LogP) is 5.34. The monoisotopic (exact) mass is 648 g/mol. The molecular formula is C33H43F3N4O6. The fourth-order valence-corrected chi connectivity index (χ4v) is 4.30. The van der Waals surface area contributed by atoms with Crippen molar-refractivity contribution in [2.45, 2.75) is 64.8 Å². The zero-order chi connectivity index (χ0) is 33.6. The van der Waals surface area contributed by atoms with Crippen LogP contribution in [0.4, 0.5) is 13.2 Å². The highest BCUT2D eigenvalue weighted by molar-refractivity contribution is 5.85. The maximum absolute atomic E-state index is 13.4. The van der Waals surface area contributed by atoms with E-state index in [0.29, 0.717) is 70.3 Å².